The summed E-state index contributed by atoms with van der Waals surface area (Å²) in [6, 6.07) is 13.3. The van der Waals surface area contributed by atoms with E-state index in [1.807, 2.05) is 55.1 Å². The van der Waals surface area contributed by atoms with Gasteiger partial charge in [-0.05, 0) is 79.6 Å². The number of nitrogens with zero attached hydrogens (tertiary/aromatic N) is 3. The van der Waals surface area contributed by atoms with E-state index < -0.39 is 23.2 Å². The van der Waals surface area contributed by atoms with Gasteiger partial charge in [-0.25, -0.2) is 13.6 Å². The molecule has 4 aromatic rings. The van der Waals surface area contributed by atoms with E-state index in [0.29, 0.717) is 26.0 Å². The van der Waals surface area contributed by atoms with Gasteiger partial charge in [-0.3, -0.25) is 9.48 Å². The molecule has 5 rings (SSSR count). The van der Waals surface area contributed by atoms with Gasteiger partial charge in [-0.1, -0.05) is 24.3 Å². The van der Waals surface area contributed by atoms with Gasteiger partial charge in [-0.2, -0.15) is 5.10 Å². The van der Waals surface area contributed by atoms with E-state index in [1.165, 1.54) is 10.2 Å². The van der Waals surface area contributed by atoms with Crippen LogP contribution in [0.1, 0.15) is 51.9 Å². The quantitative estimate of drug-likeness (QED) is 0.242. The molecule has 1 aromatic heterocycles. The lowest BCUT2D eigenvalue weighted by molar-refractivity contribution is -0.118. The molecule has 0 radical (unpaired) electrons. The van der Waals surface area contributed by atoms with Crippen LogP contribution in [0.2, 0.25) is 0 Å². The molecule has 212 valence electrons. The molecule has 1 aliphatic rings. The van der Waals surface area contributed by atoms with Gasteiger partial charge < -0.3 is 14.7 Å². The fourth-order valence-electron chi connectivity index (χ4n) is 5.20. The summed E-state index contributed by atoms with van der Waals surface area (Å²) >= 11 is 0. The minimum atomic E-state index is -1.40. The molecule has 0 spiro atoms. The molecular formula is C32H31F2N3O4. The summed E-state index contributed by atoms with van der Waals surface area (Å²) in [4.78, 5) is 26.1. The number of fused-ring (bicyclic) bond motifs is 1. The van der Waals surface area contributed by atoms with Gasteiger partial charge in [0.2, 0.25) is 5.91 Å². The van der Waals surface area contributed by atoms with Gasteiger partial charge in [0, 0.05) is 36.0 Å². The molecule has 1 N–H and O–H groups in total. The number of carbonyl (C=O) groups excluding carboxylic acids is 1. The first-order chi connectivity index (χ1) is 19.7. The molecule has 1 aliphatic heterocycles. The van der Waals surface area contributed by atoms with Crippen molar-refractivity contribution in [3.63, 3.8) is 0 Å². The first kappa shape index (κ1) is 28.0. The summed E-state index contributed by atoms with van der Waals surface area (Å²) in [6.45, 7) is 4.96. The number of carboxylic acids is 1. The molecule has 0 atom stereocenters. The van der Waals surface area contributed by atoms with Crippen LogP contribution >= 0.6 is 0 Å². The molecule has 0 fully saturated rings. The number of rotatable bonds is 9. The Balaban J connectivity index is 1.28. The van der Waals surface area contributed by atoms with Crippen LogP contribution in [0.3, 0.4) is 0 Å². The van der Waals surface area contributed by atoms with Crippen molar-refractivity contribution in [1.82, 2.24) is 9.78 Å². The largest absolute Gasteiger partial charge is 0.493 e. The number of carbonyl (C=O) groups is 2. The average molecular weight is 560 g/mol. The fourth-order valence-corrected chi connectivity index (χ4v) is 5.20. The number of hydrogen-bond acceptors (Lipinski definition) is 4. The van der Waals surface area contributed by atoms with Crippen molar-refractivity contribution in [2.75, 3.05) is 18.1 Å². The van der Waals surface area contributed by atoms with Crippen LogP contribution in [0.15, 0.2) is 60.9 Å². The first-order valence-corrected chi connectivity index (χ1v) is 13.6. The maximum absolute atomic E-state index is 14.5. The van der Waals surface area contributed by atoms with Gasteiger partial charge in [0.25, 0.3) is 0 Å². The molecule has 3 aromatic carbocycles. The van der Waals surface area contributed by atoms with E-state index in [-0.39, 0.29) is 18.0 Å². The zero-order valence-corrected chi connectivity index (χ0v) is 23.0. The normalized spacial score (nSPS) is 12.7. The summed E-state index contributed by atoms with van der Waals surface area (Å²) < 4.78 is 36.3. The number of amides is 1. The topological polar surface area (TPSA) is 84.7 Å². The lowest BCUT2D eigenvalue weighted by Gasteiger charge is -2.31. The Bertz CT molecular complexity index is 1590. The van der Waals surface area contributed by atoms with Crippen molar-refractivity contribution >= 4 is 17.6 Å². The van der Waals surface area contributed by atoms with E-state index >= 15 is 0 Å². The smallest absolute Gasteiger partial charge is 0.335 e. The van der Waals surface area contributed by atoms with Crippen molar-refractivity contribution in [3.8, 4) is 16.9 Å². The number of anilines is 1. The molecule has 2 heterocycles. The number of aromatic nitrogens is 2. The standard InChI is InChI=1S/C32H31F2N3O4/c1-20-7-3-11-30(21(20)2)41-14-6-12-31(38)37-13-5-9-25-24(8-4-10-29(25)37)23-17-35-36(18-23)19-26-27(33)15-22(32(39)40)16-28(26)34/h3-4,7-8,10-11,15-18H,5-6,9,12-14,19H2,1-2H3,(H,39,40). The van der Waals surface area contributed by atoms with Gasteiger partial charge in [-0.15, -0.1) is 0 Å². The molecule has 7 nitrogen and oxygen atoms in total. The number of aryl methyl sites for hydroxylation is 1. The predicted octanol–water partition coefficient (Wildman–Crippen LogP) is 6.33. The highest BCUT2D eigenvalue weighted by molar-refractivity contribution is 5.96. The van der Waals surface area contributed by atoms with Gasteiger partial charge in [0.15, 0.2) is 0 Å². The van der Waals surface area contributed by atoms with E-state index in [0.717, 1.165) is 58.7 Å². The van der Waals surface area contributed by atoms with Gasteiger partial charge in [0.1, 0.15) is 17.4 Å². The van der Waals surface area contributed by atoms with Crippen LogP contribution in [0, 0.1) is 25.5 Å². The second kappa shape index (κ2) is 11.9. The number of halogens is 2. The number of benzene rings is 3. The summed E-state index contributed by atoms with van der Waals surface area (Å²) in [7, 11) is 0. The van der Waals surface area contributed by atoms with Crippen molar-refractivity contribution in [2.24, 2.45) is 0 Å². The Morgan fingerprint density at radius 1 is 1.07 bits per heavy atom. The number of carboxylic acid groups (broad SMARTS) is 1. The highest BCUT2D eigenvalue weighted by atomic mass is 19.1. The lowest BCUT2D eigenvalue weighted by atomic mass is 9.93. The minimum absolute atomic E-state index is 0.0408. The Labute approximate surface area is 237 Å². The second-order valence-corrected chi connectivity index (χ2v) is 10.3. The van der Waals surface area contributed by atoms with E-state index in [2.05, 4.69) is 5.10 Å². The Morgan fingerprint density at radius 3 is 2.59 bits per heavy atom. The van der Waals surface area contributed by atoms with Crippen LogP contribution in [0.4, 0.5) is 14.5 Å². The third kappa shape index (κ3) is 5.99. The fraction of sp³-hybridized carbons (Fsp3) is 0.281. The summed E-state index contributed by atoms with van der Waals surface area (Å²) in [5, 5.41) is 13.3. The average Bonchev–Trinajstić information content (AvgIpc) is 3.42. The summed E-state index contributed by atoms with van der Waals surface area (Å²) in [6.07, 6.45) is 5.90. The summed E-state index contributed by atoms with van der Waals surface area (Å²) in [5.74, 6) is -2.40. The maximum Gasteiger partial charge on any atom is 0.335 e. The second-order valence-electron chi connectivity index (χ2n) is 10.3. The molecule has 0 unspecified atom stereocenters. The monoisotopic (exact) mass is 559 g/mol. The number of ether oxygens (including phenoxy) is 1. The zero-order chi connectivity index (χ0) is 29.1. The van der Waals surface area contributed by atoms with Crippen molar-refractivity contribution in [1.29, 1.82) is 0 Å². The molecule has 9 heteroatoms. The Hall–Kier alpha value is -4.53. The van der Waals surface area contributed by atoms with Crippen LogP contribution in [-0.2, 0) is 17.8 Å². The molecule has 0 saturated heterocycles. The molecule has 1 amide bonds. The predicted molar refractivity (Wildman–Crippen MR) is 151 cm³/mol. The van der Waals surface area contributed by atoms with E-state index in [9.17, 15) is 18.4 Å². The van der Waals surface area contributed by atoms with Crippen LogP contribution in [-0.4, -0.2) is 39.9 Å². The molecule has 0 saturated carbocycles. The Kier molecular flexibility index (Phi) is 8.14. The molecular weight excluding hydrogens is 528 g/mol. The van der Waals surface area contributed by atoms with Crippen LogP contribution in [0.5, 0.6) is 5.75 Å². The summed E-state index contributed by atoms with van der Waals surface area (Å²) in [5.41, 5.74) is 5.12. The highest BCUT2D eigenvalue weighted by Gasteiger charge is 2.25. The van der Waals surface area contributed by atoms with Crippen LogP contribution < -0.4 is 9.64 Å². The molecule has 0 aliphatic carbocycles. The lowest BCUT2D eigenvalue weighted by Crippen LogP contribution is -2.35. The molecule has 41 heavy (non-hydrogen) atoms. The van der Waals surface area contributed by atoms with Gasteiger partial charge >= 0.3 is 5.97 Å². The first-order valence-electron chi connectivity index (χ1n) is 13.6. The highest BCUT2D eigenvalue weighted by Crippen LogP contribution is 2.36. The van der Waals surface area contributed by atoms with Crippen molar-refractivity contribution in [2.45, 2.75) is 46.1 Å². The van der Waals surface area contributed by atoms with Gasteiger partial charge in [0.05, 0.1) is 24.9 Å². The van der Waals surface area contributed by atoms with Crippen LogP contribution in [0.25, 0.3) is 11.1 Å². The maximum atomic E-state index is 14.5. The minimum Gasteiger partial charge on any atom is -0.493 e. The number of aromatic carboxylic acids is 1. The number of hydrogen-bond donors (Lipinski definition) is 1. The third-order valence-corrected chi connectivity index (χ3v) is 7.55. The van der Waals surface area contributed by atoms with E-state index in [1.54, 1.807) is 12.4 Å². The zero-order valence-electron chi connectivity index (χ0n) is 23.0. The third-order valence-electron chi connectivity index (χ3n) is 7.55. The SMILES string of the molecule is Cc1cccc(OCCCC(=O)N2CCCc3c(-c4cnn(Cc5c(F)cc(C(=O)O)cc5F)c4)cccc32)c1C. The van der Waals surface area contributed by atoms with Crippen molar-refractivity contribution < 1.29 is 28.2 Å². The van der Waals surface area contributed by atoms with Crippen molar-refractivity contribution in [3.05, 3.63) is 100 Å². The Morgan fingerprint density at radius 2 is 1.83 bits per heavy atom. The molecule has 0 bridgehead atoms. The van der Waals surface area contributed by atoms with E-state index in [4.69, 9.17) is 9.84 Å².